The van der Waals surface area contributed by atoms with Crippen molar-refractivity contribution in [3.05, 3.63) is 37.9 Å². The van der Waals surface area contributed by atoms with Gasteiger partial charge in [0.25, 0.3) is 0 Å². The van der Waals surface area contributed by atoms with E-state index in [4.69, 9.17) is 11.6 Å². The van der Waals surface area contributed by atoms with Gasteiger partial charge in [-0.2, -0.15) is 0 Å². The molecule has 0 amide bonds. The molecular formula is C11H6Br2ClNO2. The van der Waals surface area contributed by atoms with Gasteiger partial charge >= 0.3 is 5.97 Å². The molecule has 0 saturated heterocycles. The molecule has 2 aromatic rings. The van der Waals surface area contributed by atoms with Gasteiger partial charge in [0.05, 0.1) is 17.6 Å². The molecule has 2 rings (SSSR count). The van der Waals surface area contributed by atoms with Gasteiger partial charge in [-0.1, -0.05) is 27.5 Å². The Bertz CT molecular complexity index is 616. The highest BCUT2D eigenvalue weighted by Gasteiger charge is 2.14. The first-order valence-electron chi connectivity index (χ1n) is 4.57. The van der Waals surface area contributed by atoms with E-state index < -0.39 is 5.97 Å². The Balaban J connectivity index is 2.82. The third-order valence-electron chi connectivity index (χ3n) is 2.21. The monoisotopic (exact) mass is 377 g/mol. The Kier molecular flexibility index (Phi) is 3.70. The van der Waals surface area contributed by atoms with Crippen molar-refractivity contribution in [2.24, 2.45) is 0 Å². The summed E-state index contributed by atoms with van der Waals surface area (Å²) in [6.07, 6.45) is 0. The van der Waals surface area contributed by atoms with Crippen LogP contribution in [0.3, 0.4) is 0 Å². The van der Waals surface area contributed by atoms with Crippen molar-refractivity contribution < 1.29 is 9.53 Å². The summed E-state index contributed by atoms with van der Waals surface area (Å²) in [5.41, 5.74) is 0.802. The summed E-state index contributed by atoms with van der Waals surface area (Å²) in [6, 6.07) is 5.18. The molecule has 0 N–H and O–H groups in total. The SMILES string of the molecule is COC(=O)c1cc(Cl)c2c(Br)ccc(Br)c2n1. The second-order valence-electron chi connectivity index (χ2n) is 3.23. The van der Waals surface area contributed by atoms with Crippen LogP contribution in [0.25, 0.3) is 10.9 Å². The van der Waals surface area contributed by atoms with Gasteiger partial charge in [0.15, 0.2) is 5.69 Å². The molecule has 0 aliphatic rings. The summed E-state index contributed by atoms with van der Waals surface area (Å²) in [7, 11) is 1.30. The van der Waals surface area contributed by atoms with Gasteiger partial charge in [0, 0.05) is 14.3 Å². The number of carbonyl (C=O) groups is 1. The van der Waals surface area contributed by atoms with Gasteiger partial charge in [-0.3, -0.25) is 0 Å². The highest BCUT2D eigenvalue weighted by molar-refractivity contribution is 9.11. The number of halogens is 3. The van der Waals surface area contributed by atoms with Crippen LogP contribution in [0.15, 0.2) is 27.1 Å². The van der Waals surface area contributed by atoms with Gasteiger partial charge < -0.3 is 4.74 Å². The molecule has 0 radical (unpaired) electrons. The lowest BCUT2D eigenvalue weighted by atomic mass is 10.2. The topological polar surface area (TPSA) is 39.2 Å². The first kappa shape index (κ1) is 12.8. The van der Waals surface area contributed by atoms with Crippen LogP contribution in [0, 0.1) is 0 Å². The van der Waals surface area contributed by atoms with Crippen molar-refractivity contribution in [1.82, 2.24) is 4.98 Å². The Labute approximate surface area is 119 Å². The van der Waals surface area contributed by atoms with Crippen LogP contribution in [-0.4, -0.2) is 18.1 Å². The maximum Gasteiger partial charge on any atom is 0.356 e. The predicted molar refractivity (Wildman–Crippen MR) is 73.5 cm³/mol. The Morgan fingerprint density at radius 1 is 1.35 bits per heavy atom. The van der Waals surface area contributed by atoms with Crippen LogP contribution in [0.2, 0.25) is 5.02 Å². The van der Waals surface area contributed by atoms with E-state index >= 15 is 0 Å². The summed E-state index contributed by atoms with van der Waals surface area (Å²) in [4.78, 5) is 15.7. The smallest absolute Gasteiger partial charge is 0.356 e. The number of aromatic nitrogens is 1. The number of ether oxygens (including phenoxy) is 1. The first-order valence-corrected chi connectivity index (χ1v) is 6.53. The van der Waals surface area contributed by atoms with Gasteiger partial charge in [0.1, 0.15) is 0 Å². The number of rotatable bonds is 1. The molecule has 17 heavy (non-hydrogen) atoms. The zero-order valence-corrected chi connectivity index (χ0v) is 12.6. The van der Waals surface area contributed by atoms with Gasteiger partial charge in [-0.25, -0.2) is 9.78 Å². The molecule has 0 unspecified atom stereocenters. The van der Waals surface area contributed by atoms with Crippen molar-refractivity contribution in [3.63, 3.8) is 0 Å². The highest BCUT2D eigenvalue weighted by Crippen LogP contribution is 2.34. The molecule has 0 fully saturated rings. The first-order chi connectivity index (χ1) is 8.04. The van der Waals surface area contributed by atoms with Crippen molar-refractivity contribution in [2.45, 2.75) is 0 Å². The van der Waals surface area contributed by atoms with Crippen LogP contribution in [0.1, 0.15) is 10.5 Å². The molecule has 0 atom stereocenters. The van der Waals surface area contributed by atoms with Crippen molar-refractivity contribution in [2.75, 3.05) is 7.11 Å². The summed E-state index contributed by atoms with van der Waals surface area (Å²) in [6.45, 7) is 0. The number of pyridine rings is 1. The summed E-state index contributed by atoms with van der Waals surface area (Å²) in [5.74, 6) is -0.513. The Morgan fingerprint density at radius 2 is 2.00 bits per heavy atom. The zero-order valence-electron chi connectivity index (χ0n) is 8.63. The van der Waals surface area contributed by atoms with Crippen LogP contribution < -0.4 is 0 Å². The van der Waals surface area contributed by atoms with Crippen molar-refractivity contribution in [3.8, 4) is 0 Å². The second kappa shape index (κ2) is 4.92. The van der Waals surface area contributed by atoms with Crippen LogP contribution >= 0.6 is 43.5 Å². The third kappa shape index (κ3) is 2.32. The summed E-state index contributed by atoms with van der Waals surface area (Å²) < 4.78 is 6.21. The number of carbonyl (C=O) groups excluding carboxylic acids is 1. The van der Waals surface area contributed by atoms with Gasteiger partial charge in [0.2, 0.25) is 0 Å². The van der Waals surface area contributed by atoms with Crippen LogP contribution in [-0.2, 0) is 4.74 Å². The number of nitrogens with zero attached hydrogens (tertiary/aromatic N) is 1. The quantitative estimate of drug-likeness (QED) is 0.697. The van der Waals surface area contributed by atoms with Gasteiger partial charge in [-0.15, -0.1) is 0 Å². The molecule has 6 heteroatoms. The Hall–Kier alpha value is -0.650. The summed E-state index contributed by atoms with van der Waals surface area (Å²) >= 11 is 12.9. The Morgan fingerprint density at radius 3 is 2.65 bits per heavy atom. The van der Waals surface area contributed by atoms with E-state index in [1.165, 1.54) is 13.2 Å². The number of benzene rings is 1. The fraction of sp³-hybridized carbons (Fsp3) is 0.0909. The summed E-state index contributed by atoms with van der Waals surface area (Å²) in [5, 5.41) is 1.21. The maximum absolute atomic E-state index is 11.4. The fourth-order valence-corrected chi connectivity index (χ4v) is 2.79. The predicted octanol–water partition coefficient (Wildman–Crippen LogP) is 4.20. The maximum atomic E-state index is 11.4. The molecule has 1 aromatic carbocycles. The largest absolute Gasteiger partial charge is 0.464 e. The minimum Gasteiger partial charge on any atom is -0.464 e. The average Bonchev–Trinajstić information content (AvgIpc) is 2.32. The van der Waals surface area contributed by atoms with Crippen molar-refractivity contribution >= 4 is 60.3 Å². The molecule has 88 valence electrons. The zero-order chi connectivity index (χ0) is 12.6. The standard InChI is InChI=1S/C11H6Br2ClNO2/c1-17-11(16)8-4-7(14)9-5(12)2-3-6(13)10(9)15-8/h2-4H,1H3. The lowest BCUT2D eigenvalue weighted by Gasteiger charge is -2.07. The van der Waals surface area contributed by atoms with E-state index in [9.17, 15) is 4.79 Å². The van der Waals surface area contributed by atoms with Crippen LogP contribution in [0.4, 0.5) is 0 Å². The van der Waals surface area contributed by atoms with Crippen molar-refractivity contribution in [1.29, 1.82) is 0 Å². The molecular weight excluding hydrogens is 373 g/mol. The molecule has 0 saturated carbocycles. The number of methoxy groups -OCH3 is 1. The number of fused-ring (bicyclic) bond motifs is 1. The third-order valence-corrected chi connectivity index (χ3v) is 3.81. The molecule has 0 aliphatic carbocycles. The number of hydrogen-bond acceptors (Lipinski definition) is 3. The molecule has 1 heterocycles. The average molecular weight is 379 g/mol. The lowest BCUT2D eigenvalue weighted by molar-refractivity contribution is 0.0594. The van der Waals surface area contributed by atoms with Crippen LogP contribution in [0.5, 0.6) is 0 Å². The fourth-order valence-electron chi connectivity index (χ4n) is 1.43. The van der Waals surface area contributed by atoms with E-state index in [2.05, 4.69) is 41.6 Å². The van der Waals surface area contributed by atoms with Gasteiger partial charge in [-0.05, 0) is 34.1 Å². The minimum absolute atomic E-state index is 0.184. The van der Waals surface area contributed by atoms with E-state index in [1.807, 2.05) is 12.1 Å². The molecule has 0 aliphatic heterocycles. The van der Waals surface area contributed by atoms with E-state index in [1.54, 1.807) is 0 Å². The second-order valence-corrected chi connectivity index (χ2v) is 5.35. The minimum atomic E-state index is -0.513. The lowest BCUT2D eigenvalue weighted by Crippen LogP contribution is -2.04. The molecule has 0 bridgehead atoms. The molecule has 0 spiro atoms. The van der Waals surface area contributed by atoms with E-state index in [0.29, 0.717) is 10.5 Å². The number of hydrogen-bond donors (Lipinski definition) is 0. The van der Waals surface area contributed by atoms with E-state index in [0.717, 1.165) is 14.3 Å². The van der Waals surface area contributed by atoms with E-state index in [-0.39, 0.29) is 5.69 Å². The highest BCUT2D eigenvalue weighted by atomic mass is 79.9. The number of esters is 1. The normalized spacial score (nSPS) is 10.6. The molecule has 1 aromatic heterocycles. The molecule has 3 nitrogen and oxygen atoms in total.